The summed E-state index contributed by atoms with van der Waals surface area (Å²) in [5.41, 5.74) is 2.78. The molecule has 2 aromatic heterocycles. The molecule has 2 aliphatic carbocycles. The molecule has 1 N–H and O–H groups in total. The Bertz CT molecular complexity index is 1980. The second kappa shape index (κ2) is 13.4. The standard InChI is InChI=1S/C38H44ClN5O5S/c1-37(2,3)49-36(47)42(4)27-17-25-16-26(18-30(39)29(25)19-27)34-32-33(41-50-34)35(46)44(22-40-32)21-38(48)12-14-43(15-13-38)31(45)20-28(24-10-11-24)23-8-6-5-7-9-23/h5-9,16,18,22,24,27-28,48H,10-15,17,19-21H2,1-4H3. The number of likely N-dealkylation sites (tertiary alicyclic amines) is 1. The largest absolute Gasteiger partial charge is 0.444 e. The second-order valence-electron chi connectivity index (χ2n) is 15.3. The van der Waals surface area contributed by atoms with Crippen molar-refractivity contribution in [3.63, 3.8) is 0 Å². The Morgan fingerprint density at radius 3 is 2.52 bits per heavy atom. The zero-order valence-electron chi connectivity index (χ0n) is 29.0. The van der Waals surface area contributed by atoms with Gasteiger partial charge in [-0.15, -0.1) is 0 Å². The van der Waals surface area contributed by atoms with Crippen LogP contribution in [0.5, 0.6) is 0 Å². The van der Waals surface area contributed by atoms with Crippen molar-refractivity contribution in [2.45, 2.75) is 95.4 Å². The van der Waals surface area contributed by atoms with Gasteiger partial charge in [0.2, 0.25) is 5.91 Å². The minimum absolute atomic E-state index is 0.0790. The van der Waals surface area contributed by atoms with Crippen LogP contribution in [-0.2, 0) is 28.9 Å². The molecule has 1 aliphatic heterocycles. The van der Waals surface area contributed by atoms with E-state index in [-0.39, 0.29) is 41.6 Å². The van der Waals surface area contributed by atoms with Crippen LogP contribution in [0.1, 0.15) is 75.5 Å². The van der Waals surface area contributed by atoms with Gasteiger partial charge in [0.1, 0.15) is 11.1 Å². The van der Waals surface area contributed by atoms with Crippen molar-refractivity contribution in [1.82, 2.24) is 23.7 Å². The first-order valence-electron chi connectivity index (χ1n) is 17.5. The molecule has 0 radical (unpaired) electrons. The summed E-state index contributed by atoms with van der Waals surface area (Å²) in [5, 5.41) is 12.1. The number of likely N-dealkylation sites (N-methyl/N-ethyl adjacent to an activating group) is 1. The molecule has 0 spiro atoms. The number of fused-ring (bicyclic) bond motifs is 2. The van der Waals surface area contributed by atoms with Crippen molar-refractivity contribution in [2.24, 2.45) is 5.92 Å². The van der Waals surface area contributed by atoms with E-state index in [2.05, 4.69) is 27.6 Å². The average molecular weight is 718 g/mol. The molecule has 10 nitrogen and oxygen atoms in total. The lowest BCUT2D eigenvalue weighted by Crippen LogP contribution is -2.49. The molecule has 3 aliphatic rings. The van der Waals surface area contributed by atoms with Crippen molar-refractivity contribution in [1.29, 1.82) is 0 Å². The van der Waals surface area contributed by atoms with E-state index >= 15 is 0 Å². The first kappa shape index (κ1) is 34.6. The van der Waals surface area contributed by atoms with Gasteiger partial charge in [0, 0.05) is 37.6 Å². The van der Waals surface area contributed by atoms with Gasteiger partial charge in [0.25, 0.3) is 5.56 Å². The molecule has 2 unspecified atom stereocenters. The molecule has 3 heterocycles. The molecule has 0 bridgehead atoms. The Kier molecular flexibility index (Phi) is 9.28. The van der Waals surface area contributed by atoms with E-state index in [0.29, 0.717) is 61.7 Å². The maximum absolute atomic E-state index is 13.6. The fourth-order valence-corrected chi connectivity index (χ4v) is 8.56. The first-order valence-corrected chi connectivity index (χ1v) is 18.6. The van der Waals surface area contributed by atoms with Crippen LogP contribution in [0.25, 0.3) is 21.5 Å². The maximum atomic E-state index is 13.6. The van der Waals surface area contributed by atoms with Crippen LogP contribution in [0.4, 0.5) is 4.79 Å². The Labute approximate surface area is 301 Å². The molecule has 1 saturated carbocycles. The van der Waals surface area contributed by atoms with Crippen LogP contribution >= 0.6 is 23.1 Å². The third kappa shape index (κ3) is 7.18. The van der Waals surface area contributed by atoms with Gasteiger partial charge in [-0.25, -0.2) is 9.78 Å². The zero-order valence-corrected chi connectivity index (χ0v) is 30.6. The normalized spacial score (nSPS) is 19.3. The molecule has 2 atom stereocenters. The van der Waals surface area contributed by atoms with Crippen molar-refractivity contribution in [2.75, 3.05) is 20.1 Å². The number of hydrogen-bond donors (Lipinski definition) is 1. The zero-order chi connectivity index (χ0) is 35.4. The van der Waals surface area contributed by atoms with Gasteiger partial charge in [0.15, 0.2) is 5.52 Å². The summed E-state index contributed by atoms with van der Waals surface area (Å²) >= 11 is 7.98. The maximum Gasteiger partial charge on any atom is 0.410 e. The van der Waals surface area contributed by atoms with Crippen molar-refractivity contribution in [3.8, 4) is 10.4 Å². The summed E-state index contributed by atoms with van der Waals surface area (Å²) in [5.74, 6) is 0.924. The number of amides is 2. The van der Waals surface area contributed by atoms with E-state index in [1.54, 1.807) is 11.9 Å². The number of carbonyl (C=O) groups is 2. The number of hydrogen-bond acceptors (Lipinski definition) is 8. The van der Waals surface area contributed by atoms with Gasteiger partial charge in [-0.1, -0.05) is 41.9 Å². The summed E-state index contributed by atoms with van der Waals surface area (Å²) in [4.78, 5) is 48.6. The second-order valence-corrected chi connectivity index (χ2v) is 16.5. The Hall–Kier alpha value is -3.80. The summed E-state index contributed by atoms with van der Waals surface area (Å²) in [7, 11) is 1.75. The minimum atomic E-state index is -1.14. The molecule has 2 aromatic carbocycles. The minimum Gasteiger partial charge on any atom is -0.444 e. The average Bonchev–Trinajstić information content (AvgIpc) is 3.66. The van der Waals surface area contributed by atoms with Crippen molar-refractivity contribution >= 4 is 46.2 Å². The fraction of sp³-hybridized carbons (Fsp3) is 0.500. The van der Waals surface area contributed by atoms with Crippen molar-refractivity contribution in [3.05, 3.63) is 80.9 Å². The number of rotatable bonds is 8. The molecule has 50 heavy (non-hydrogen) atoms. The molecule has 2 fully saturated rings. The highest BCUT2D eigenvalue weighted by Crippen LogP contribution is 2.45. The van der Waals surface area contributed by atoms with Gasteiger partial charge in [-0.2, -0.15) is 4.37 Å². The highest BCUT2D eigenvalue weighted by atomic mass is 35.5. The molecule has 4 aromatic rings. The van der Waals surface area contributed by atoms with E-state index in [9.17, 15) is 19.5 Å². The van der Waals surface area contributed by atoms with Crippen LogP contribution in [0.3, 0.4) is 0 Å². The SMILES string of the molecule is CN(C(=O)OC(C)(C)C)C1Cc2cc(-c3snc4c(=O)n(CC5(O)CCN(C(=O)CC(c6ccccc6)C6CC6)CC5)cnc34)cc(Cl)c2C1. The third-order valence-corrected chi connectivity index (χ3v) is 11.7. The fourth-order valence-electron chi connectivity index (χ4n) is 7.44. The van der Waals surface area contributed by atoms with Crippen molar-refractivity contribution < 1.29 is 19.4 Å². The van der Waals surface area contributed by atoms with Crippen LogP contribution in [0, 0.1) is 5.92 Å². The highest BCUT2D eigenvalue weighted by molar-refractivity contribution is 7.11. The molecular formula is C38H44ClN5O5S. The lowest BCUT2D eigenvalue weighted by atomic mass is 9.88. The van der Waals surface area contributed by atoms with E-state index in [4.69, 9.17) is 16.3 Å². The quantitative estimate of drug-likeness (QED) is 0.223. The van der Waals surface area contributed by atoms with E-state index < -0.39 is 11.2 Å². The van der Waals surface area contributed by atoms with E-state index in [1.807, 2.05) is 49.9 Å². The summed E-state index contributed by atoms with van der Waals surface area (Å²) in [6.07, 6.45) is 5.94. The number of benzene rings is 2. The van der Waals surface area contributed by atoms with E-state index in [0.717, 1.165) is 34.4 Å². The third-order valence-electron chi connectivity index (χ3n) is 10.5. The topological polar surface area (TPSA) is 118 Å². The summed E-state index contributed by atoms with van der Waals surface area (Å²) in [6.45, 7) is 6.51. The van der Waals surface area contributed by atoms with E-state index in [1.165, 1.54) is 28.0 Å². The Morgan fingerprint density at radius 2 is 1.84 bits per heavy atom. The van der Waals surface area contributed by atoms with Gasteiger partial charge in [0.05, 0.1) is 23.4 Å². The van der Waals surface area contributed by atoms with Gasteiger partial charge in [-0.3, -0.25) is 14.2 Å². The Morgan fingerprint density at radius 1 is 1.12 bits per heavy atom. The molecule has 1 saturated heterocycles. The molecule has 2 amide bonds. The molecular weight excluding hydrogens is 674 g/mol. The predicted octanol–water partition coefficient (Wildman–Crippen LogP) is 6.44. The Balaban J connectivity index is 1.02. The molecule has 264 valence electrons. The monoisotopic (exact) mass is 717 g/mol. The number of carbonyl (C=O) groups excluding carboxylic acids is 2. The lowest BCUT2D eigenvalue weighted by molar-refractivity contribution is -0.136. The smallest absolute Gasteiger partial charge is 0.410 e. The van der Waals surface area contributed by atoms with Gasteiger partial charge in [-0.05, 0) is 117 Å². The predicted molar refractivity (Wildman–Crippen MR) is 195 cm³/mol. The number of nitrogens with zero attached hydrogens (tertiary/aromatic N) is 5. The summed E-state index contributed by atoms with van der Waals surface area (Å²) < 4.78 is 11.5. The lowest BCUT2D eigenvalue weighted by Gasteiger charge is -2.38. The van der Waals surface area contributed by atoms with Crippen LogP contribution < -0.4 is 5.56 Å². The molecule has 7 rings (SSSR count). The number of ether oxygens (including phenoxy) is 1. The number of aliphatic hydroxyl groups is 1. The van der Waals surface area contributed by atoms with Crippen LogP contribution in [0.2, 0.25) is 5.02 Å². The highest BCUT2D eigenvalue weighted by Gasteiger charge is 2.38. The van der Waals surface area contributed by atoms with Crippen LogP contribution in [-0.4, -0.2) is 78.2 Å². The summed E-state index contributed by atoms with van der Waals surface area (Å²) in [6, 6.07) is 14.1. The number of halogens is 1. The number of aromatic nitrogens is 3. The molecule has 12 heteroatoms. The van der Waals surface area contributed by atoms with Crippen LogP contribution in [0.15, 0.2) is 53.6 Å². The first-order chi connectivity index (χ1) is 23.8. The van der Waals surface area contributed by atoms with Gasteiger partial charge >= 0.3 is 6.09 Å². The van der Waals surface area contributed by atoms with Gasteiger partial charge < -0.3 is 19.6 Å². The number of piperidine rings is 1.